The van der Waals surface area contributed by atoms with Crippen molar-refractivity contribution in [3.63, 3.8) is 0 Å². The van der Waals surface area contributed by atoms with Crippen molar-refractivity contribution in [1.82, 2.24) is 16.0 Å². The van der Waals surface area contributed by atoms with Crippen molar-refractivity contribution in [3.8, 4) is 0 Å². The standard InChI is InChI=1S/C29H51N3/c1-24(2,21-12-27(13-21)6-9-30-10-7-27)26(5,23-16-28(17-23)8-11-31-18-28)25(3,4)22-14-29(15-22)19-32-20-29/h21-23,30-32H,6-20H2,1-5H3. The largest absolute Gasteiger partial charge is 0.317 e. The van der Waals surface area contributed by atoms with E-state index in [2.05, 4.69) is 50.6 Å². The molecule has 0 radical (unpaired) electrons. The first kappa shape index (κ1) is 22.4. The van der Waals surface area contributed by atoms with Crippen molar-refractivity contribution >= 4 is 0 Å². The van der Waals surface area contributed by atoms with Gasteiger partial charge in [0.15, 0.2) is 0 Å². The van der Waals surface area contributed by atoms with Gasteiger partial charge in [0.2, 0.25) is 0 Å². The van der Waals surface area contributed by atoms with Gasteiger partial charge in [-0.2, -0.15) is 0 Å². The zero-order chi connectivity index (χ0) is 22.5. The molecule has 0 bridgehead atoms. The van der Waals surface area contributed by atoms with Crippen LogP contribution < -0.4 is 16.0 Å². The maximum Gasteiger partial charge on any atom is 0.00204 e. The lowest BCUT2D eigenvalue weighted by Crippen LogP contribution is -2.68. The fourth-order valence-electron chi connectivity index (χ4n) is 10.4. The van der Waals surface area contributed by atoms with Crippen LogP contribution >= 0.6 is 0 Å². The minimum atomic E-state index is 0.422. The summed E-state index contributed by atoms with van der Waals surface area (Å²) >= 11 is 0. The van der Waals surface area contributed by atoms with Crippen molar-refractivity contribution in [3.05, 3.63) is 0 Å². The van der Waals surface area contributed by atoms with Crippen molar-refractivity contribution in [2.45, 2.75) is 92.4 Å². The maximum absolute atomic E-state index is 3.71. The van der Waals surface area contributed by atoms with Crippen LogP contribution in [0.4, 0.5) is 0 Å². The molecule has 182 valence electrons. The average Bonchev–Trinajstić information content (AvgIpc) is 3.12. The predicted octanol–water partition coefficient (Wildman–Crippen LogP) is 5.21. The van der Waals surface area contributed by atoms with Gasteiger partial charge in [-0.1, -0.05) is 34.6 Å². The first-order chi connectivity index (χ1) is 15.1. The molecule has 3 aliphatic carbocycles. The van der Waals surface area contributed by atoms with Gasteiger partial charge in [-0.25, -0.2) is 0 Å². The Morgan fingerprint density at radius 2 is 0.938 bits per heavy atom. The Morgan fingerprint density at radius 3 is 1.41 bits per heavy atom. The van der Waals surface area contributed by atoms with Crippen molar-refractivity contribution in [2.24, 2.45) is 50.2 Å². The van der Waals surface area contributed by atoms with Crippen molar-refractivity contribution < 1.29 is 0 Å². The second kappa shape index (κ2) is 6.97. The smallest absolute Gasteiger partial charge is 0.00204 e. The lowest BCUT2D eigenvalue weighted by Gasteiger charge is -2.72. The highest BCUT2D eigenvalue weighted by Crippen LogP contribution is 2.75. The number of hydrogen-bond donors (Lipinski definition) is 3. The molecule has 0 aromatic rings. The van der Waals surface area contributed by atoms with Crippen LogP contribution in [0.5, 0.6) is 0 Å². The molecule has 0 aromatic carbocycles. The molecule has 6 fully saturated rings. The predicted molar refractivity (Wildman–Crippen MR) is 134 cm³/mol. The van der Waals surface area contributed by atoms with Gasteiger partial charge in [0.25, 0.3) is 0 Å². The molecule has 0 amide bonds. The van der Waals surface area contributed by atoms with Crippen LogP contribution in [-0.4, -0.2) is 39.3 Å². The number of piperidine rings is 1. The summed E-state index contributed by atoms with van der Waals surface area (Å²) in [5.74, 6) is 2.75. The lowest BCUT2D eigenvalue weighted by atomic mass is 9.33. The van der Waals surface area contributed by atoms with E-state index in [9.17, 15) is 0 Å². The van der Waals surface area contributed by atoms with Gasteiger partial charge in [0.1, 0.15) is 0 Å². The van der Waals surface area contributed by atoms with Crippen molar-refractivity contribution in [2.75, 3.05) is 39.3 Å². The molecule has 3 heteroatoms. The monoisotopic (exact) mass is 441 g/mol. The molecule has 3 aliphatic heterocycles. The summed E-state index contributed by atoms with van der Waals surface area (Å²) in [4.78, 5) is 0. The van der Waals surface area contributed by atoms with E-state index in [1.165, 1.54) is 97.1 Å². The summed E-state index contributed by atoms with van der Waals surface area (Å²) < 4.78 is 0. The summed E-state index contributed by atoms with van der Waals surface area (Å²) in [6.07, 6.45) is 13.2. The molecule has 6 aliphatic rings. The van der Waals surface area contributed by atoms with Gasteiger partial charge in [0, 0.05) is 19.6 Å². The van der Waals surface area contributed by atoms with Crippen LogP contribution in [0.1, 0.15) is 92.4 Å². The fraction of sp³-hybridized carbons (Fsp3) is 1.00. The molecular formula is C29H51N3. The Labute approximate surface area is 198 Å². The molecule has 1 atom stereocenters. The second-order valence-electron chi connectivity index (χ2n) is 15.2. The molecule has 3 saturated heterocycles. The Morgan fingerprint density at radius 1 is 0.500 bits per heavy atom. The van der Waals surface area contributed by atoms with E-state index >= 15 is 0 Å². The Kier molecular flexibility index (Phi) is 4.87. The number of rotatable bonds is 5. The topological polar surface area (TPSA) is 36.1 Å². The molecule has 3 spiro atoms. The first-order valence-corrected chi connectivity index (χ1v) is 14.2. The van der Waals surface area contributed by atoms with Gasteiger partial charge in [-0.15, -0.1) is 0 Å². The zero-order valence-corrected chi connectivity index (χ0v) is 21.8. The van der Waals surface area contributed by atoms with E-state index in [1.807, 2.05) is 0 Å². The first-order valence-electron chi connectivity index (χ1n) is 14.2. The van der Waals surface area contributed by atoms with Gasteiger partial charge >= 0.3 is 0 Å². The lowest BCUT2D eigenvalue weighted by molar-refractivity contribution is -0.232. The normalized spacial score (nSPS) is 37.4. The Balaban J connectivity index is 1.26. The van der Waals surface area contributed by atoms with E-state index in [0.717, 1.165) is 17.8 Å². The molecule has 3 nitrogen and oxygen atoms in total. The van der Waals surface area contributed by atoms with Crippen LogP contribution in [0.2, 0.25) is 0 Å². The second-order valence-corrected chi connectivity index (χ2v) is 15.2. The third-order valence-electron chi connectivity index (χ3n) is 13.6. The molecule has 6 rings (SSSR count). The van der Waals surface area contributed by atoms with E-state index in [4.69, 9.17) is 0 Å². The van der Waals surface area contributed by atoms with Gasteiger partial charge in [-0.05, 0) is 128 Å². The van der Waals surface area contributed by atoms with Crippen LogP contribution in [0, 0.1) is 50.2 Å². The summed E-state index contributed by atoms with van der Waals surface area (Å²) in [6.45, 7) is 21.3. The molecule has 3 heterocycles. The molecule has 32 heavy (non-hydrogen) atoms. The third kappa shape index (κ3) is 2.89. The van der Waals surface area contributed by atoms with Gasteiger partial charge in [-0.3, -0.25) is 0 Å². The number of nitrogens with one attached hydrogen (secondary N) is 3. The summed E-state index contributed by atoms with van der Waals surface area (Å²) in [7, 11) is 0. The quantitative estimate of drug-likeness (QED) is 0.548. The molecule has 3 saturated carbocycles. The molecule has 0 aromatic heterocycles. The third-order valence-corrected chi connectivity index (χ3v) is 13.6. The van der Waals surface area contributed by atoms with Crippen molar-refractivity contribution in [1.29, 1.82) is 0 Å². The average molecular weight is 442 g/mol. The SMILES string of the molecule is CC(C)(C1CC2(CCNCC2)C1)C(C)(C1CC2(CCNC2)C1)C(C)(C)C1CC2(CNC2)C1. The minimum absolute atomic E-state index is 0.422. The van der Waals surface area contributed by atoms with E-state index in [0.29, 0.717) is 32.5 Å². The Bertz CT molecular complexity index is 714. The molecule has 1 unspecified atom stereocenters. The van der Waals surface area contributed by atoms with E-state index in [1.54, 1.807) is 0 Å². The summed E-state index contributed by atoms with van der Waals surface area (Å²) in [5.41, 5.74) is 3.28. The molecule has 3 N–H and O–H groups in total. The van der Waals surface area contributed by atoms with Gasteiger partial charge < -0.3 is 16.0 Å². The highest BCUT2D eigenvalue weighted by molar-refractivity contribution is 5.18. The van der Waals surface area contributed by atoms with E-state index in [-0.39, 0.29) is 0 Å². The highest BCUT2D eigenvalue weighted by atomic mass is 15.0. The van der Waals surface area contributed by atoms with Crippen LogP contribution in [0.25, 0.3) is 0 Å². The van der Waals surface area contributed by atoms with Crippen LogP contribution in [-0.2, 0) is 0 Å². The van der Waals surface area contributed by atoms with Crippen LogP contribution in [0.15, 0.2) is 0 Å². The molecular weight excluding hydrogens is 390 g/mol. The minimum Gasteiger partial charge on any atom is -0.317 e. The highest BCUT2D eigenvalue weighted by Gasteiger charge is 2.68. The zero-order valence-electron chi connectivity index (χ0n) is 21.8. The van der Waals surface area contributed by atoms with Crippen LogP contribution in [0.3, 0.4) is 0 Å². The maximum atomic E-state index is 3.71. The van der Waals surface area contributed by atoms with Gasteiger partial charge in [0.05, 0.1) is 0 Å². The Hall–Kier alpha value is -0.120. The number of hydrogen-bond acceptors (Lipinski definition) is 3. The summed E-state index contributed by atoms with van der Waals surface area (Å²) in [5, 5.41) is 10.9. The summed E-state index contributed by atoms with van der Waals surface area (Å²) in [6, 6.07) is 0. The van der Waals surface area contributed by atoms with E-state index < -0.39 is 0 Å². The fourth-order valence-corrected chi connectivity index (χ4v) is 10.4.